The number of ether oxygens (including phenoxy) is 2. The zero-order valence-electron chi connectivity index (χ0n) is 15.2. The maximum atomic E-state index is 13.1. The Hall–Kier alpha value is -3.10. The quantitative estimate of drug-likeness (QED) is 0.338. The molecule has 3 rings (SSSR count). The number of rotatable bonds is 6. The Morgan fingerprint density at radius 2 is 1.82 bits per heavy atom. The van der Waals surface area contributed by atoms with Crippen molar-refractivity contribution in [1.82, 2.24) is 0 Å². The summed E-state index contributed by atoms with van der Waals surface area (Å²) in [6.07, 6.45) is 1.72. The van der Waals surface area contributed by atoms with E-state index in [4.69, 9.17) is 9.47 Å². The lowest BCUT2D eigenvalue weighted by Crippen LogP contribution is -1.99. The molecule has 0 saturated carbocycles. The average molecular weight is 438 g/mol. The van der Waals surface area contributed by atoms with E-state index in [1.165, 1.54) is 12.1 Å². The van der Waals surface area contributed by atoms with Gasteiger partial charge in [0.25, 0.3) is 0 Å². The minimum atomic E-state index is -0.342. The van der Waals surface area contributed by atoms with E-state index in [2.05, 4.69) is 22.0 Å². The van der Waals surface area contributed by atoms with Crippen LogP contribution < -0.4 is 9.47 Å². The third-order valence-corrected chi connectivity index (χ3v) is 4.65. The van der Waals surface area contributed by atoms with Crippen LogP contribution in [-0.2, 0) is 6.61 Å². The van der Waals surface area contributed by atoms with Crippen LogP contribution in [0.2, 0.25) is 0 Å². The normalized spacial score (nSPS) is 11.0. The topological polar surface area (TPSA) is 42.2 Å². The van der Waals surface area contributed by atoms with Crippen LogP contribution >= 0.6 is 15.9 Å². The second kappa shape index (κ2) is 9.20. The minimum absolute atomic E-state index is 0.342. The molecule has 5 heteroatoms. The van der Waals surface area contributed by atoms with E-state index in [9.17, 15) is 9.65 Å². The van der Waals surface area contributed by atoms with Crippen LogP contribution in [0.5, 0.6) is 11.5 Å². The molecule has 0 bridgehead atoms. The van der Waals surface area contributed by atoms with Gasteiger partial charge in [-0.3, -0.25) is 0 Å². The van der Waals surface area contributed by atoms with Crippen LogP contribution in [0.4, 0.5) is 4.39 Å². The van der Waals surface area contributed by atoms with Crippen molar-refractivity contribution in [3.8, 4) is 17.6 Å². The summed E-state index contributed by atoms with van der Waals surface area (Å²) < 4.78 is 25.3. The van der Waals surface area contributed by atoms with E-state index in [0.29, 0.717) is 33.7 Å². The Balaban J connectivity index is 1.89. The number of hydrogen-bond donors (Lipinski definition) is 0. The molecule has 3 nitrogen and oxygen atoms in total. The van der Waals surface area contributed by atoms with Gasteiger partial charge in [-0.2, -0.15) is 5.26 Å². The van der Waals surface area contributed by atoms with Crippen LogP contribution in [0, 0.1) is 17.1 Å². The Labute approximate surface area is 171 Å². The third-order valence-electron chi connectivity index (χ3n) is 4.06. The van der Waals surface area contributed by atoms with Gasteiger partial charge in [-0.15, -0.1) is 0 Å². The summed E-state index contributed by atoms with van der Waals surface area (Å²) >= 11 is 3.52. The van der Waals surface area contributed by atoms with Crippen molar-refractivity contribution in [3.05, 3.63) is 93.7 Å². The highest BCUT2D eigenvalue weighted by Crippen LogP contribution is 2.38. The Morgan fingerprint density at radius 3 is 2.46 bits per heavy atom. The maximum absolute atomic E-state index is 13.1. The summed E-state index contributed by atoms with van der Waals surface area (Å²) in [5, 5.41) is 9.49. The summed E-state index contributed by atoms with van der Waals surface area (Å²) in [6, 6.07) is 21.5. The van der Waals surface area contributed by atoms with E-state index in [1.54, 1.807) is 31.4 Å². The van der Waals surface area contributed by atoms with Crippen LogP contribution in [0.25, 0.3) is 11.6 Å². The van der Waals surface area contributed by atoms with Crippen molar-refractivity contribution < 1.29 is 13.9 Å². The first-order chi connectivity index (χ1) is 13.6. The molecule has 0 aliphatic rings. The molecule has 0 N–H and O–H groups in total. The number of hydrogen-bond acceptors (Lipinski definition) is 3. The number of benzene rings is 3. The number of nitriles is 1. The molecule has 0 aromatic heterocycles. The molecular formula is C23H17BrFNO2. The fourth-order valence-electron chi connectivity index (χ4n) is 2.67. The Morgan fingerprint density at radius 1 is 1.11 bits per heavy atom. The SMILES string of the molecule is COc1cc(/C=C(\C#N)c2ccc(F)cc2)cc(Br)c1OCc1ccccc1. The number of methoxy groups -OCH3 is 1. The average Bonchev–Trinajstić information content (AvgIpc) is 2.72. The van der Waals surface area contributed by atoms with Gasteiger partial charge in [-0.25, -0.2) is 4.39 Å². The number of nitrogens with zero attached hydrogens (tertiary/aromatic N) is 1. The van der Waals surface area contributed by atoms with Gasteiger partial charge in [0.2, 0.25) is 0 Å². The summed E-state index contributed by atoms with van der Waals surface area (Å²) in [7, 11) is 1.57. The molecule has 0 heterocycles. The number of allylic oxidation sites excluding steroid dienone is 1. The van der Waals surface area contributed by atoms with Crippen molar-refractivity contribution >= 4 is 27.6 Å². The lowest BCUT2D eigenvalue weighted by Gasteiger charge is -2.14. The van der Waals surface area contributed by atoms with Crippen LogP contribution in [-0.4, -0.2) is 7.11 Å². The van der Waals surface area contributed by atoms with Gasteiger partial charge in [-0.1, -0.05) is 42.5 Å². The van der Waals surface area contributed by atoms with Crippen LogP contribution in [0.1, 0.15) is 16.7 Å². The molecule has 0 unspecified atom stereocenters. The van der Waals surface area contributed by atoms with Crippen molar-refractivity contribution in [3.63, 3.8) is 0 Å². The Bertz CT molecular complexity index is 1020. The molecule has 0 fully saturated rings. The molecule has 28 heavy (non-hydrogen) atoms. The summed E-state index contributed by atoms with van der Waals surface area (Å²) in [5.74, 6) is 0.794. The predicted molar refractivity (Wildman–Crippen MR) is 111 cm³/mol. The second-order valence-corrected chi connectivity index (χ2v) is 6.84. The van der Waals surface area contributed by atoms with Crippen LogP contribution in [0.3, 0.4) is 0 Å². The fourth-order valence-corrected chi connectivity index (χ4v) is 3.24. The molecule has 0 aliphatic carbocycles. The molecule has 0 atom stereocenters. The van der Waals surface area contributed by atoms with Crippen molar-refractivity contribution in [2.45, 2.75) is 6.61 Å². The second-order valence-electron chi connectivity index (χ2n) is 5.99. The summed E-state index contributed by atoms with van der Waals surface area (Å²) in [6.45, 7) is 0.407. The van der Waals surface area contributed by atoms with E-state index in [-0.39, 0.29) is 5.82 Å². The minimum Gasteiger partial charge on any atom is -0.493 e. The number of halogens is 2. The third kappa shape index (κ3) is 4.79. The van der Waals surface area contributed by atoms with Gasteiger partial charge in [0.1, 0.15) is 12.4 Å². The Kier molecular flexibility index (Phi) is 6.46. The molecular weight excluding hydrogens is 421 g/mol. The van der Waals surface area contributed by atoms with Gasteiger partial charge < -0.3 is 9.47 Å². The summed E-state index contributed by atoms with van der Waals surface area (Å²) in [5.41, 5.74) is 2.87. The van der Waals surface area contributed by atoms with E-state index in [0.717, 1.165) is 11.1 Å². The molecule has 3 aromatic rings. The maximum Gasteiger partial charge on any atom is 0.175 e. The van der Waals surface area contributed by atoms with Crippen molar-refractivity contribution in [2.24, 2.45) is 0 Å². The standard InChI is InChI=1S/C23H17BrFNO2/c1-27-22-13-17(11-19(14-26)18-7-9-20(25)10-8-18)12-21(24)23(22)28-15-16-5-3-2-4-6-16/h2-13H,15H2,1H3/b19-11+. The zero-order valence-corrected chi connectivity index (χ0v) is 16.7. The smallest absolute Gasteiger partial charge is 0.175 e. The highest BCUT2D eigenvalue weighted by molar-refractivity contribution is 9.10. The molecule has 0 spiro atoms. The first kappa shape index (κ1) is 19.7. The molecule has 140 valence electrons. The van der Waals surface area contributed by atoms with Gasteiger partial charge in [0, 0.05) is 0 Å². The van der Waals surface area contributed by atoms with E-state index < -0.39 is 0 Å². The highest BCUT2D eigenvalue weighted by atomic mass is 79.9. The lowest BCUT2D eigenvalue weighted by atomic mass is 10.0. The van der Waals surface area contributed by atoms with Gasteiger partial charge >= 0.3 is 0 Å². The van der Waals surface area contributed by atoms with Gasteiger partial charge in [0.05, 0.1) is 23.2 Å². The molecule has 0 amide bonds. The molecule has 0 aliphatic heterocycles. The van der Waals surface area contributed by atoms with Crippen LogP contribution in [0.15, 0.2) is 71.2 Å². The molecule has 0 radical (unpaired) electrons. The van der Waals surface area contributed by atoms with Crippen molar-refractivity contribution in [2.75, 3.05) is 7.11 Å². The first-order valence-corrected chi connectivity index (χ1v) is 9.32. The lowest BCUT2D eigenvalue weighted by molar-refractivity contribution is 0.282. The fraction of sp³-hybridized carbons (Fsp3) is 0.0870. The van der Waals surface area contributed by atoms with Gasteiger partial charge in [0.15, 0.2) is 11.5 Å². The largest absolute Gasteiger partial charge is 0.493 e. The highest BCUT2D eigenvalue weighted by Gasteiger charge is 2.12. The van der Waals surface area contributed by atoms with E-state index in [1.807, 2.05) is 36.4 Å². The van der Waals surface area contributed by atoms with Gasteiger partial charge in [-0.05, 0) is 63.0 Å². The zero-order chi connectivity index (χ0) is 19.9. The predicted octanol–water partition coefficient (Wildman–Crippen LogP) is 6.24. The summed E-state index contributed by atoms with van der Waals surface area (Å²) in [4.78, 5) is 0. The van der Waals surface area contributed by atoms with E-state index >= 15 is 0 Å². The van der Waals surface area contributed by atoms with Crippen molar-refractivity contribution in [1.29, 1.82) is 5.26 Å². The molecule has 0 saturated heterocycles. The first-order valence-electron chi connectivity index (χ1n) is 8.52. The molecule has 3 aromatic carbocycles. The monoisotopic (exact) mass is 437 g/mol.